The number of amides is 1. The minimum absolute atomic E-state index is 0.110. The largest absolute Gasteiger partial charge is 0.358 e. The highest BCUT2D eigenvalue weighted by Gasteiger charge is 2.44. The SMILES string of the molecule is O=C1[C@H](Cc2ccc(I)cc2)O[C@@H](c2ccc(Cl)cc2)[C@@H](c2ccc(Cl)cc2)N1c1cccnc1. The average Bonchev–Trinajstić information content (AvgIpc) is 2.88. The Balaban J connectivity index is 1.63. The van der Waals surface area contributed by atoms with Crippen LogP contribution in [0, 0.1) is 3.57 Å². The molecule has 35 heavy (non-hydrogen) atoms. The Labute approximate surface area is 228 Å². The van der Waals surface area contributed by atoms with E-state index in [1.165, 1.54) is 0 Å². The van der Waals surface area contributed by atoms with E-state index >= 15 is 0 Å². The van der Waals surface area contributed by atoms with Crippen molar-refractivity contribution >= 4 is 57.4 Å². The van der Waals surface area contributed by atoms with Gasteiger partial charge in [0.25, 0.3) is 5.91 Å². The fourth-order valence-corrected chi connectivity index (χ4v) is 5.00. The van der Waals surface area contributed by atoms with Crippen LogP contribution in [-0.2, 0) is 16.0 Å². The van der Waals surface area contributed by atoms with Crippen molar-refractivity contribution in [2.24, 2.45) is 0 Å². The summed E-state index contributed by atoms with van der Waals surface area (Å²) in [4.78, 5) is 20.1. The molecule has 1 aliphatic rings. The molecule has 3 aromatic carbocycles. The number of pyridine rings is 1. The number of benzene rings is 3. The first-order valence-electron chi connectivity index (χ1n) is 11.1. The molecule has 3 atom stereocenters. The third kappa shape index (κ3) is 5.38. The van der Waals surface area contributed by atoms with E-state index in [0.717, 1.165) is 20.3 Å². The molecule has 2 heterocycles. The van der Waals surface area contributed by atoms with Crippen LogP contribution in [0.15, 0.2) is 97.3 Å². The normalized spacial score (nSPS) is 20.1. The second-order valence-corrected chi connectivity index (χ2v) is 10.5. The lowest BCUT2D eigenvalue weighted by Crippen LogP contribution is -2.51. The molecule has 1 fully saturated rings. The van der Waals surface area contributed by atoms with Crippen LogP contribution in [0.4, 0.5) is 5.69 Å². The van der Waals surface area contributed by atoms with Gasteiger partial charge >= 0.3 is 0 Å². The highest BCUT2D eigenvalue weighted by atomic mass is 127. The fraction of sp³-hybridized carbons (Fsp3) is 0.143. The molecule has 0 N–H and O–H groups in total. The number of carbonyl (C=O) groups excluding carboxylic acids is 1. The zero-order chi connectivity index (χ0) is 24.4. The second-order valence-electron chi connectivity index (χ2n) is 8.34. The summed E-state index contributed by atoms with van der Waals surface area (Å²) in [5.41, 5.74) is 3.60. The first-order valence-corrected chi connectivity index (χ1v) is 13.0. The van der Waals surface area contributed by atoms with Crippen molar-refractivity contribution in [3.63, 3.8) is 0 Å². The molecular weight excluding hydrogens is 594 g/mol. The lowest BCUT2D eigenvalue weighted by molar-refractivity contribution is -0.145. The molecule has 0 radical (unpaired) electrons. The van der Waals surface area contributed by atoms with Crippen LogP contribution in [0.1, 0.15) is 28.8 Å². The van der Waals surface area contributed by atoms with Gasteiger partial charge in [0, 0.05) is 26.2 Å². The second kappa shape index (κ2) is 10.7. The molecule has 1 amide bonds. The molecule has 1 saturated heterocycles. The Morgan fingerprint density at radius 3 is 2.09 bits per heavy atom. The molecule has 176 valence electrons. The predicted molar refractivity (Wildman–Crippen MR) is 148 cm³/mol. The first-order chi connectivity index (χ1) is 17.0. The minimum Gasteiger partial charge on any atom is -0.358 e. The maximum atomic E-state index is 14.0. The van der Waals surface area contributed by atoms with E-state index in [1.54, 1.807) is 12.4 Å². The summed E-state index contributed by atoms with van der Waals surface area (Å²) in [6, 6.07) is 26.6. The predicted octanol–water partition coefficient (Wildman–Crippen LogP) is 7.45. The molecule has 1 aliphatic heterocycles. The van der Waals surface area contributed by atoms with E-state index < -0.39 is 18.2 Å². The highest BCUT2D eigenvalue weighted by molar-refractivity contribution is 14.1. The number of hydrogen-bond acceptors (Lipinski definition) is 3. The molecule has 1 aromatic heterocycles. The monoisotopic (exact) mass is 614 g/mol. The molecule has 0 bridgehead atoms. The molecule has 0 aliphatic carbocycles. The zero-order valence-electron chi connectivity index (χ0n) is 18.5. The topological polar surface area (TPSA) is 42.4 Å². The van der Waals surface area contributed by atoms with Gasteiger partial charge in [-0.2, -0.15) is 0 Å². The number of hydrogen-bond donors (Lipinski definition) is 0. The maximum absolute atomic E-state index is 14.0. The van der Waals surface area contributed by atoms with E-state index in [4.69, 9.17) is 27.9 Å². The van der Waals surface area contributed by atoms with Gasteiger partial charge < -0.3 is 4.74 Å². The van der Waals surface area contributed by atoms with Crippen LogP contribution < -0.4 is 4.90 Å². The van der Waals surface area contributed by atoms with Crippen LogP contribution in [0.25, 0.3) is 0 Å². The van der Waals surface area contributed by atoms with Crippen molar-refractivity contribution in [2.75, 3.05) is 4.90 Å². The summed E-state index contributed by atoms with van der Waals surface area (Å²) in [6.45, 7) is 0. The maximum Gasteiger partial charge on any atom is 0.257 e. The summed E-state index contributed by atoms with van der Waals surface area (Å²) >= 11 is 14.7. The number of rotatable bonds is 5. The lowest BCUT2D eigenvalue weighted by Gasteiger charge is -2.44. The van der Waals surface area contributed by atoms with Gasteiger partial charge in [-0.1, -0.05) is 59.6 Å². The van der Waals surface area contributed by atoms with Gasteiger partial charge in [-0.05, 0) is 87.8 Å². The Kier molecular flexibility index (Phi) is 7.39. The third-order valence-electron chi connectivity index (χ3n) is 6.06. The Morgan fingerprint density at radius 2 is 1.49 bits per heavy atom. The quantitative estimate of drug-likeness (QED) is 0.219. The summed E-state index contributed by atoms with van der Waals surface area (Å²) in [7, 11) is 0. The van der Waals surface area contributed by atoms with Crippen LogP contribution in [0.2, 0.25) is 10.0 Å². The Bertz CT molecular complexity index is 1300. The summed E-state index contributed by atoms with van der Waals surface area (Å²) in [5, 5.41) is 1.27. The van der Waals surface area contributed by atoms with Crippen LogP contribution in [0.3, 0.4) is 0 Å². The number of halogens is 3. The van der Waals surface area contributed by atoms with Crippen molar-refractivity contribution < 1.29 is 9.53 Å². The molecule has 4 nitrogen and oxygen atoms in total. The van der Waals surface area contributed by atoms with E-state index in [0.29, 0.717) is 22.2 Å². The lowest BCUT2D eigenvalue weighted by atomic mass is 9.90. The van der Waals surface area contributed by atoms with Gasteiger partial charge in [-0.3, -0.25) is 14.7 Å². The van der Waals surface area contributed by atoms with Crippen molar-refractivity contribution in [3.05, 3.63) is 128 Å². The Morgan fingerprint density at radius 1 is 0.857 bits per heavy atom. The van der Waals surface area contributed by atoms with Gasteiger partial charge in [0.15, 0.2) is 0 Å². The number of ether oxygens (including phenoxy) is 1. The standard InChI is InChI=1S/C28H21Cl2IN2O2/c29-21-9-5-19(6-10-21)26-27(20-7-11-22(30)12-8-20)35-25(16-18-3-13-23(31)14-4-18)28(34)33(26)24-2-1-15-32-17-24/h1-15,17,25-27H,16H2/t25-,26+,27-/m0/s1. The smallest absolute Gasteiger partial charge is 0.257 e. The zero-order valence-corrected chi connectivity index (χ0v) is 22.2. The number of morpholine rings is 1. The van der Waals surface area contributed by atoms with Crippen molar-refractivity contribution in [1.82, 2.24) is 4.98 Å². The van der Waals surface area contributed by atoms with Crippen molar-refractivity contribution in [2.45, 2.75) is 24.7 Å². The van der Waals surface area contributed by atoms with E-state index in [2.05, 4.69) is 27.6 Å². The van der Waals surface area contributed by atoms with E-state index in [1.807, 2.05) is 89.8 Å². The minimum atomic E-state index is -0.667. The molecule has 0 saturated carbocycles. The number of anilines is 1. The molecule has 7 heteroatoms. The van der Waals surface area contributed by atoms with Crippen LogP contribution in [-0.4, -0.2) is 17.0 Å². The van der Waals surface area contributed by atoms with E-state index in [9.17, 15) is 4.79 Å². The molecule has 4 aromatic rings. The number of nitrogens with zero attached hydrogens (tertiary/aromatic N) is 2. The van der Waals surface area contributed by atoms with Gasteiger partial charge in [0.05, 0.1) is 17.9 Å². The van der Waals surface area contributed by atoms with Crippen molar-refractivity contribution in [3.8, 4) is 0 Å². The van der Waals surface area contributed by atoms with Gasteiger partial charge in [0.1, 0.15) is 12.2 Å². The number of carbonyl (C=O) groups is 1. The molecule has 0 unspecified atom stereocenters. The molecule has 5 rings (SSSR count). The average molecular weight is 615 g/mol. The first kappa shape index (κ1) is 24.3. The number of aromatic nitrogens is 1. The van der Waals surface area contributed by atoms with Crippen LogP contribution in [0.5, 0.6) is 0 Å². The van der Waals surface area contributed by atoms with Gasteiger partial charge in [-0.15, -0.1) is 0 Å². The van der Waals surface area contributed by atoms with Crippen LogP contribution >= 0.6 is 45.8 Å². The summed E-state index contributed by atoms with van der Waals surface area (Å²) in [5.74, 6) is -0.110. The highest BCUT2D eigenvalue weighted by Crippen LogP contribution is 2.45. The molecular formula is C28H21Cl2IN2O2. The van der Waals surface area contributed by atoms with Gasteiger partial charge in [0.2, 0.25) is 0 Å². The van der Waals surface area contributed by atoms with E-state index in [-0.39, 0.29) is 5.91 Å². The third-order valence-corrected chi connectivity index (χ3v) is 7.28. The summed E-state index contributed by atoms with van der Waals surface area (Å²) in [6.07, 6.45) is 2.78. The Hall–Kier alpha value is -2.45. The molecule has 0 spiro atoms. The van der Waals surface area contributed by atoms with Gasteiger partial charge in [-0.25, -0.2) is 0 Å². The summed E-state index contributed by atoms with van der Waals surface area (Å²) < 4.78 is 7.76. The fourth-order valence-electron chi connectivity index (χ4n) is 4.39. The van der Waals surface area contributed by atoms with Crippen molar-refractivity contribution in [1.29, 1.82) is 0 Å².